The number of rotatable bonds is 1. The van der Waals surface area contributed by atoms with Crippen molar-refractivity contribution in [1.82, 2.24) is 0 Å². The van der Waals surface area contributed by atoms with E-state index in [4.69, 9.17) is 4.74 Å². The van der Waals surface area contributed by atoms with Crippen molar-refractivity contribution in [1.29, 1.82) is 0 Å². The van der Waals surface area contributed by atoms with Crippen molar-refractivity contribution >= 4 is 0 Å². The van der Waals surface area contributed by atoms with Gasteiger partial charge in [-0.3, -0.25) is 0 Å². The number of aliphatic hydroxyl groups is 1. The third-order valence-electron chi connectivity index (χ3n) is 2.49. The van der Waals surface area contributed by atoms with Gasteiger partial charge in [-0.15, -0.1) is 0 Å². The van der Waals surface area contributed by atoms with Crippen LogP contribution in [0.5, 0.6) is 0 Å². The molecule has 0 aromatic rings. The van der Waals surface area contributed by atoms with E-state index in [0.29, 0.717) is 17.1 Å². The van der Waals surface area contributed by atoms with Crippen LogP contribution >= 0.6 is 0 Å². The fourth-order valence-corrected chi connectivity index (χ4v) is 1.30. The maximum absolute atomic E-state index is 9.79. The molecule has 0 atom stereocenters. The van der Waals surface area contributed by atoms with E-state index in [-0.39, 0.29) is 35.5 Å². The van der Waals surface area contributed by atoms with Crippen molar-refractivity contribution in [3.05, 3.63) is 46.7 Å². The van der Waals surface area contributed by atoms with Gasteiger partial charge in [0.05, 0.1) is 0 Å². The summed E-state index contributed by atoms with van der Waals surface area (Å²) in [4.78, 5) is 0. The molecule has 0 fully saturated rings. The minimum Gasteiger partial charge on any atom is -0.507 e. The average molecular weight is 256 g/mol. The molecule has 0 saturated heterocycles. The van der Waals surface area contributed by atoms with Gasteiger partial charge < -0.3 is 9.84 Å². The smallest absolute Gasteiger partial charge is 0.136 e. The number of ether oxygens (including phenoxy) is 1. The average Bonchev–Trinajstić information content (AvgIpc) is 2.19. The lowest BCUT2D eigenvalue weighted by atomic mass is 10.0. The zero-order chi connectivity index (χ0) is 10.9. The topological polar surface area (TPSA) is 29.5 Å². The quantitative estimate of drug-likeness (QED) is 0.610. The van der Waals surface area contributed by atoms with Gasteiger partial charge in [-0.1, -0.05) is 42.4 Å². The zero-order valence-electron chi connectivity index (χ0n) is 9.14. The molecule has 108 valence electrons. The van der Waals surface area contributed by atoms with Crippen molar-refractivity contribution in [2.75, 3.05) is 0 Å². The van der Waals surface area contributed by atoms with Crippen molar-refractivity contribution < 1.29 is 9.84 Å². The molecular formula is C16H32O2. The number of aliphatic hydroxyl groups excluding tert-OH is 1. The number of hydrogen-bond donors (Lipinski definition) is 1. The Bertz CT molecular complexity index is 369. The van der Waals surface area contributed by atoms with Crippen molar-refractivity contribution in [2.45, 2.75) is 57.4 Å². The van der Waals surface area contributed by atoms with Crippen LogP contribution in [0.3, 0.4) is 0 Å². The van der Waals surface area contributed by atoms with Gasteiger partial charge in [-0.25, -0.2) is 0 Å². The van der Waals surface area contributed by atoms with E-state index in [1.807, 2.05) is 26.8 Å². The Morgan fingerprint density at radius 2 is 1.56 bits per heavy atom. The molecule has 2 nitrogen and oxygen atoms in total. The Morgan fingerprint density at radius 3 is 1.94 bits per heavy atom. The molecular weight excluding hydrogens is 224 g/mol. The van der Waals surface area contributed by atoms with Crippen LogP contribution in [0.15, 0.2) is 46.7 Å². The van der Waals surface area contributed by atoms with Gasteiger partial charge in [0.2, 0.25) is 0 Å². The van der Waals surface area contributed by atoms with Crippen LogP contribution in [0.2, 0.25) is 0 Å². The molecule has 18 heavy (non-hydrogen) atoms. The van der Waals surface area contributed by atoms with Gasteiger partial charge in [0.25, 0.3) is 0 Å². The second-order valence-corrected chi connectivity index (χ2v) is 3.42. The molecule has 0 aromatic heterocycles. The van der Waals surface area contributed by atoms with Crippen LogP contribution in [0.1, 0.15) is 57.4 Å². The minimum absolute atomic E-state index is 0. The third-order valence-corrected chi connectivity index (χ3v) is 2.49. The summed E-state index contributed by atoms with van der Waals surface area (Å²) in [6.45, 7) is 11.3. The molecule has 0 radical (unpaired) electrons. The lowest BCUT2D eigenvalue weighted by Crippen LogP contribution is -2.08. The fourth-order valence-electron chi connectivity index (χ4n) is 1.30. The van der Waals surface area contributed by atoms with Gasteiger partial charge >= 0.3 is 0 Å². The first-order valence-electron chi connectivity index (χ1n) is 4.60. The van der Waals surface area contributed by atoms with Crippen LogP contribution in [0.4, 0.5) is 0 Å². The summed E-state index contributed by atoms with van der Waals surface area (Å²) in [5, 5.41) is 9.79. The highest BCUT2D eigenvalue weighted by atomic mass is 16.5. The molecule has 0 saturated carbocycles. The summed E-state index contributed by atoms with van der Waals surface area (Å²) < 4.78 is 5.53. The van der Waals surface area contributed by atoms with Gasteiger partial charge in [0.15, 0.2) is 0 Å². The summed E-state index contributed by atoms with van der Waals surface area (Å²) in [6.07, 6.45) is 1.94. The Kier molecular flexibility index (Phi) is 13.5. The van der Waals surface area contributed by atoms with E-state index in [1.165, 1.54) is 0 Å². The maximum atomic E-state index is 9.79. The fraction of sp³-hybridized carbons (Fsp3) is 0.500. The van der Waals surface area contributed by atoms with E-state index in [2.05, 4.69) is 6.58 Å². The van der Waals surface area contributed by atoms with Gasteiger partial charge in [0.1, 0.15) is 17.3 Å². The largest absolute Gasteiger partial charge is 0.507 e. The summed E-state index contributed by atoms with van der Waals surface area (Å²) in [5.74, 6) is 1.50. The molecule has 0 unspecified atom stereocenters. The van der Waals surface area contributed by atoms with Crippen LogP contribution < -0.4 is 0 Å². The predicted molar refractivity (Wildman–Crippen MR) is 84.6 cm³/mol. The van der Waals surface area contributed by atoms with E-state index in [0.717, 1.165) is 11.1 Å². The third kappa shape index (κ3) is 4.44. The van der Waals surface area contributed by atoms with Crippen LogP contribution in [-0.4, -0.2) is 5.11 Å². The number of hydrogen-bond acceptors (Lipinski definition) is 2. The molecule has 1 rings (SSSR count). The van der Waals surface area contributed by atoms with Gasteiger partial charge in [-0.05, 0) is 33.3 Å². The highest BCUT2D eigenvalue weighted by molar-refractivity contribution is 5.46. The highest BCUT2D eigenvalue weighted by Gasteiger charge is 2.20. The minimum atomic E-state index is 0. The summed E-state index contributed by atoms with van der Waals surface area (Å²) in [5.41, 5.74) is 2.48. The summed E-state index contributed by atoms with van der Waals surface area (Å²) in [7, 11) is 0. The lowest BCUT2D eigenvalue weighted by Gasteiger charge is -2.22. The molecule has 0 aliphatic carbocycles. The second kappa shape index (κ2) is 9.58. The molecule has 0 amide bonds. The SMILES string of the molecule is C.C.C.C.C=C1OC(/C(C)=C/C)=C(C)C(O)=C1C. The van der Waals surface area contributed by atoms with Gasteiger partial charge in [0, 0.05) is 11.1 Å². The zero-order valence-corrected chi connectivity index (χ0v) is 9.14. The molecule has 1 N–H and O–H groups in total. The molecule has 1 aliphatic rings. The summed E-state index contributed by atoms with van der Waals surface area (Å²) in [6, 6.07) is 0. The maximum Gasteiger partial charge on any atom is 0.136 e. The van der Waals surface area contributed by atoms with Crippen molar-refractivity contribution in [2.24, 2.45) is 0 Å². The highest BCUT2D eigenvalue weighted by Crippen LogP contribution is 2.32. The van der Waals surface area contributed by atoms with Crippen LogP contribution in [0, 0.1) is 0 Å². The molecule has 0 bridgehead atoms. The van der Waals surface area contributed by atoms with Gasteiger partial charge in [-0.2, -0.15) is 0 Å². The molecule has 0 aromatic carbocycles. The predicted octanol–water partition coefficient (Wildman–Crippen LogP) is 6.15. The Labute approximate surface area is 114 Å². The first-order chi connectivity index (χ1) is 6.49. The second-order valence-electron chi connectivity index (χ2n) is 3.42. The Hall–Kier alpha value is -1.44. The molecule has 1 aliphatic heterocycles. The first kappa shape index (κ1) is 25.4. The van der Waals surface area contributed by atoms with Crippen LogP contribution in [0.25, 0.3) is 0 Å². The molecule has 1 heterocycles. The standard InChI is InChI=1S/C12H16O2.4CH4/c1-6-7(2)12-9(4)11(13)8(3)10(5)14-12;;;;/h6,13H,5H2,1-4H3;4*1H4/b7-6+;;;;. The monoisotopic (exact) mass is 256 g/mol. The van der Waals surface area contributed by atoms with E-state index >= 15 is 0 Å². The number of allylic oxidation sites excluding steroid dienone is 4. The molecule has 0 spiro atoms. The van der Waals surface area contributed by atoms with E-state index < -0.39 is 0 Å². The normalized spacial score (nSPS) is 14.7. The first-order valence-corrected chi connectivity index (χ1v) is 4.60. The summed E-state index contributed by atoms with van der Waals surface area (Å²) >= 11 is 0. The van der Waals surface area contributed by atoms with E-state index in [9.17, 15) is 5.11 Å². The Morgan fingerprint density at radius 1 is 1.11 bits per heavy atom. The molecule has 2 heteroatoms. The van der Waals surface area contributed by atoms with Crippen LogP contribution in [-0.2, 0) is 4.74 Å². The van der Waals surface area contributed by atoms with Crippen molar-refractivity contribution in [3.8, 4) is 0 Å². The van der Waals surface area contributed by atoms with Crippen molar-refractivity contribution in [3.63, 3.8) is 0 Å². The Balaban J connectivity index is -0.000000245. The van der Waals surface area contributed by atoms with E-state index in [1.54, 1.807) is 6.92 Å². The lowest BCUT2D eigenvalue weighted by molar-refractivity contribution is 0.292.